The quantitative estimate of drug-likeness (QED) is 0.318. The maximum Gasteiger partial charge on any atom is 0.338 e. The zero-order valence-electron chi connectivity index (χ0n) is 14.3. The molecule has 2 rings (SSSR count). The van der Waals surface area contributed by atoms with E-state index in [1.807, 2.05) is 24.3 Å². The van der Waals surface area contributed by atoms with Crippen LogP contribution in [0, 0.1) is 0 Å². The lowest BCUT2D eigenvalue weighted by Crippen LogP contribution is -2.45. The third-order valence-electron chi connectivity index (χ3n) is 3.59. The number of allylic oxidation sites excluding steroid dienone is 1. The summed E-state index contributed by atoms with van der Waals surface area (Å²) in [5.74, 6) is 0.319. The van der Waals surface area contributed by atoms with Crippen LogP contribution in [0.2, 0.25) is 0 Å². The second kappa shape index (κ2) is 9.19. The van der Waals surface area contributed by atoms with Crippen LogP contribution in [0.5, 0.6) is 5.75 Å². The second-order valence-corrected chi connectivity index (χ2v) is 5.78. The van der Waals surface area contributed by atoms with Crippen molar-refractivity contribution in [1.29, 1.82) is 0 Å². The third kappa shape index (κ3) is 5.04. The highest BCUT2D eigenvalue weighted by Gasteiger charge is 2.30. The predicted molar refractivity (Wildman–Crippen MR) is 99.3 cm³/mol. The van der Waals surface area contributed by atoms with Gasteiger partial charge in [-0.25, -0.2) is 4.79 Å². The van der Waals surface area contributed by atoms with Gasteiger partial charge in [0, 0.05) is 12.8 Å². The van der Waals surface area contributed by atoms with Crippen molar-refractivity contribution in [1.82, 2.24) is 10.6 Å². The van der Waals surface area contributed by atoms with Crippen molar-refractivity contribution in [3.8, 4) is 5.75 Å². The van der Waals surface area contributed by atoms with Crippen LogP contribution in [0.1, 0.15) is 18.5 Å². The summed E-state index contributed by atoms with van der Waals surface area (Å²) in [5.41, 5.74) is 2.04. The molecule has 134 valence electrons. The molecule has 0 radical (unpaired) electrons. The zero-order chi connectivity index (χ0) is 18.2. The van der Waals surface area contributed by atoms with Gasteiger partial charge in [-0.2, -0.15) is 0 Å². The van der Waals surface area contributed by atoms with Gasteiger partial charge in [0.25, 0.3) is 0 Å². The molecule has 0 fully saturated rings. The van der Waals surface area contributed by atoms with Gasteiger partial charge in [-0.05, 0) is 36.8 Å². The fourth-order valence-electron chi connectivity index (χ4n) is 2.42. The average Bonchev–Trinajstić information content (AvgIpc) is 2.59. The van der Waals surface area contributed by atoms with E-state index in [2.05, 4.69) is 17.2 Å². The Hall–Kier alpha value is -2.38. The standard InChI is InChI=1S/C18H22N2O4S/c1-4-9-23-14-7-5-13(6-8-14)16-15(12(2)19-18(25)20-16)17(21)24-11-10-22-3/h4-8,16H,1,9-11H2,2-3H3,(H2,19,20,25)/t16-/m1/s1. The molecule has 25 heavy (non-hydrogen) atoms. The molecule has 0 amide bonds. The van der Waals surface area contributed by atoms with E-state index in [4.69, 9.17) is 26.4 Å². The van der Waals surface area contributed by atoms with Crippen molar-refractivity contribution in [3.05, 3.63) is 53.8 Å². The summed E-state index contributed by atoms with van der Waals surface area (Å²) in [6.45, 7) is 6.39. The molecule has 1 aliphatic rings. The molecule has 1 atom stereocenters. The minimum atomic E-state index is -0.408. The molecular formula is C18H22N2O4S. The summed E-state index contributed by atoms with van der Waals surface area (Å²) in [5, 5.41) is 6.55. The largest absolute Gasteiger partial charge is 0.490 e. The summed E-state index contributed by atoms with van der Waals surface area (Å²) in [6, 6.07) is 7.07. The number of benzene rings is 1. The van der Waals surface area contributed by atoms with Crippen molar-refractivity contribution in [3.63, 3.8) is 0 Å². The van der Waals surface area contributed by atoms with E-state index in [0.29, 0.717) is 29.6 Å². The highest BCUT2D eigenvalue weighted by molar-refractivity contribution is 7.80. The topological polar surface area (TPSA) is 68.8 Å². The van der Waals surface area contributed by atoms with Crippen LogP contribution >= 0.6 is 12.2 Å². The summed E-state index contributed by atoms with van der Waals surface area (Å²) < 4.78 is 15.7. The molecule has 0 aliphatic carbocycles. The van der Waals surface area contributed by atoms with Gasteiger partial charge in [0.1, 0.15) is 19.0 Å². The summed E-state index contributed by atoms with van der Waals surface area (Å²) in [6.07, 6.45) is 1.68. The molecule has 2 N–H and O–H groups in total. The molecule has 1 heterocycles. The smallest absolute Gasteiger partial charge is 0.338 e. The lowest BCUT2D eigenvalue weighted by Gasteiger charge is -2.30. The maximum absolute atomic E-state index is 12.5. The van der Waals surface area contributed by atoms with Crippen molar-refractivity contribution in [2.24, 2.45) is 0 Å². The first kappa shape index (κ1) is 19.0. The lowest BCUT2D eigenvalue weighted by atomic mass is 9.95. The number of nitrogens with one attached hydrogen (secondary N) is 2. The van der Waals surface area contributed by atoms with Gasteiger partial charge in [-0.15, -0.1) is 0 Å². The first-order chi connectivity index (χ1) is 12.1. The molecule has 0 aromatic heterocycles. The number of carbonyl (C=O) groups is 1. The fraction of sp³-hybridized carbons (Fsp3) is 0.333. The van der Waals surface area contributed by atoms with Crippen LogP contribution in [0.15, 0.2) is 48.2 Å². The van der Waals surface area contributed by atoms with Gasteiger partial charge in [-0.3, -0.25) is 0 Å². The number of esters is 1. The van der Waals surface area contributed by atoms with Gasteiger partial charge >= 0.3 is 5.97 Å². The van der Waals surface area contributed by atoms with Crippen LogP contribution in [0.25, 0.3) is 0 Å². The van der Waals surface area contributed by atoms with Crippen molar-refractivity contribution in [2.75, 3.05) is 26.9 Å². The highest BCUT2D eigenvalue weighted by atomic mass is 32.1. The Kier molecular flexibility index (Phi) is 6.97. The molecule has 0 spiro atoms. The Morgan fingerprint density at radius 2 is 2.04 bits per heavy atom. The highest BCUT2D eigenvalue weighted by Crippen LogP contribution is 2.28. The Labute approximate surface area is 152 Å². The van der Waals surface area contributed by atoms with Gasteiger partial charge in [0.05, 0.1) is 18.2 Å². The molecule has 0 bridgehead atoms. The third-order valence-corrected chi connectivity index (χ3v) is 3.81. The number of rotatable bonds is 8. The fourth-order valence-corrected chi connectivity index (χ4v) is 2.69. The van der Waals surface area contributed by atoms with Crippen molar-refractivity contribution < 1.29 is 19.0 Å². The van der Waals surface area contributed by atoms with E-state index in [1.54, 1.807) is 20.1 Å². The summed E-state index contributed by atoms with van der Waals surface area (Å²) in [7, 11) is 1.55. The monoisotopic (exact) mass is 362 g/mol. The molecule has 6 nitrogen and oxygen atoms in total. The number of ether oxygens (including phenoxy) is 3. The van der Waals surface area contributed by atoms with E-state index < -0.39 is 12.0 Å². The van der Waals surface area contributed by atoms with E-state index in [-0.39, 0.29) is 6.61 Å². The van der Waals surface area contributed by atoms with E-state index in [9.17, 15) is 4.79 Å². The Morgan fingerprint density at radius 1 is 1.32 bits per heavy atom. The molecule has 1 aliphatic heterocycles. The van der Waals surface area contributed by atoms with Crippen LogP contribution in [-0.4, -0.2) is 38.0 Å². The Bertz CT molecular complexity index is 670. The van der Waals surface area contributed by atoms with Crippen LogP contribution in [0.4, 0.5) is 0 Å². The van der Waals surface area contributed by atoms with Gasteiger partial charge in [-0.1, -0.05) is 24.8 Å². The maximum atomic E-state index is 12.5. The summed E-state index contributed by atoms with van der Waals surface area (Å²) in [4.78, 5) is 12.5. The predicted octanol–water partition coefficient (Wildman–Crippen LogP) is 2.23. The first-order valence-electron chi connectivity index (χ1n) is 7.84. The Balaban J connectivity index is 2.22. The molecule has 1 aromatic rings. The minimum Gasteiger partial charge on any atom is -0.490 e. The van der Waals surface area contributed by atoms with Crippen LogP contribution in [0.3, 0.4) is 0 Å². The SMILES string of the molecule is C=CCOc1ccc([C@H]2NC(=S)NC(C)=C2C(=O)OCCOC)cc1. The number of carbonyl (C=O) groups excluding carboxylic acids is 1. The number of thiocarbonyl (C=S) groups is 1. The molecule has 0 saturated carbocycles. The molecule has 1 aromatic carbocycles. The van der Waals surface area contributed by atoms with Crippen molar-refractivity contribution in [2.45, 2.75) is 13.0 Å². The van der Waals surface area contributed by atoms with Gasteiger partial charge < -0.3 is 24.8 Å². The first-order valence-corrected chi connectivity index (χ1v) is 8.25. The van der Waals surface area contributed by atoms with E-state index in [0.717, 1.165) is 11.3 Å². The minimum absolute atomic E-state index is 0.192. The lowest BCUT2D eigenvalue weighted by molar-refractivity contribution is -0.140. The molecule has 0 saturated heterocycles. The van der Waals surface area contributed by atoms with Gasteiger partial charge in [0.2, 0.25) is 0 Å². The van der Waals surface area contributed by atoms with Gasteiger partial charge in [0.15, 0.2) is 5.11 Å². The molecular weight excluding hydrogens is 340 g/mol. The number of hydrogen-bond donors (Lipinski definition) is 2. The average molecular weight is 362 g/mol. The number of methoxy groups -OCH3 is 1. The Morgan fingerprint density at radius 3 is 2.68 bits per heavy atom. The summed E-state index contributed by atoms with van der Waals surface area (Å²) >= 11 is 5.22. The van der Waals surface area contributed by atoms with E-state index in [1.165, 1.54) is 0 Å². The number of hydrogen-bond acceptors (Lipinski definition) is 5. The normalized spacial score (nSPS) is 16.7. The zero-order valence-corrected chi connectivity index (χ0v) is 15.2. The molecule has 0 unspecified atom stereocenters. The van der Waals surface area contributed by atoms with Crippen molar-refractivity contribution >= 4 is 23.3 Å². The van der Waals surface area contributed by atoms with E-state index >= 15 is 0 Å². The molecule has 7 heteroatoms. The van der Waals surface area contributed by atoms with Crippen LogP contribution < -0.4 is 15.4 Å². The van der Waals surface area contributed by atoms with Crippen LogP contribution in [-0.2, 0) is 14.3 Å². The second-order valence-electron chi connectivity index (χ2n) is 5.37.